The Labute approximate surface area is 173 Å². The van der Waals surface area contributed by atoms with Crippen molar-refractivity contribution < 1.29 is 14.5 Å². The maximum atomic E-state index is 12.3. The van der Waals surface area contributed by atoms with Crippen LogP contribution in [0.4, 0.5) is 11.4 Å². The molecule has 0 radical (unpaired) electrons. The molecule has 2 amide bonds. The fourth-order valence-electron chi connectivity index (χ4n) is 2.79. The predicted molar refractivity (Wildman–Crippen MR) is 112 cm³/mol. The van der Waals surface area contributed by atoms with Crippen molar-refractivity contribution in [2.24, 2.45) is 0 Å². The third-order valence-electron chi connectivity index (χ3n) is 4.05. The highest BCUT2D eigenvalue weighted by atomic mass is 35.5. The molecule has 0 aliphatic carbocycles. The van der Waals surface area contributed by atoms with E-state index in [1.165, 1.54) is 18.2 Å². The normalized spacial score (nSPS) is 11.0. The van der Waals surface area contributed by atoms with Crippen molar-refractivity contribution in [3.05, 3.63) is 79.5 Å². The van der Waals surface area contributed by atoms with Gasteiger partial charge in [-0.3, -0.25) is 25.1 Å². The number of nitro groups is 1. The molecule has 0 aliphatic rings. The fourth-order valence-corrected chi connectivity index (χ4v) is 3.05. The molecule has 2 aromatic carbocycles. The van der Waals surface area contributed by atoms with E-state index in [0.29, 0.717) is 5.70 Å². The van der Waals surface area contributed by atoms with Crippen molar-refractivity contribution >= 4 is 34.8 Å². The summed E-state index contributed by atoms with van der Waals surface area (Å²) in [6.45, 7) is 7.42. The van der Waals surface area contributed by atoms with Gasteiger partial charge in [0.2, 0.25) is 5.91 Å². The molecule has 0 fully saturated rings. The predicted octanol–water partition coefficient (Wildman–Crippen LogP) is 3.95. The zero-order valence-electron chi connectivity index (χ0n) is 16.4. The van der Waals surface area contributed by atoms with Crippen LogP contribution in [0.2, 0.25) is 5.02 Å². The van der Waals surface area contributed by atoms with E-state index >= 15 is 0 Å². The number of hydrazine groups is 1. The number of hydrogen-bond acceptors (Lipinski definition) is 5. The van der Waals surface area contributed by atoms with E-state index in [9.17, 15) is 19.7 Å². The van der Waals surface area contributed by atoms with Crippen LogP contribution in [-0.4, -0.2) is 16.7 Å². The van der Waals surface area contributed by atoms with E-state index in [-0.39, 0.29) is 22.2 Å². The Morgan fingerprint density at radius 3 is 2.24 bits per heavy atom. The van der Waals surface area contributed by atoms with Crippen molar-refractivity contribution in [3.8, 4) is 0 Å². The Bertz CT molecular complexity index is 995. The average Bonchev–Trinajstić information content (AvgIpc) is 2.62. The number of non-ortho nitro benzene ring substituents is 1. The molecule has 0 unspecified atom stereocenters. The van der Waals surface area contributed by atoms with Gasteiger partial charge in [-0.2, -0.15) is 0 Å². The lowest BCUT2D eigenvalue weighted by Gasteiger charge is -2.13. The van der Waals surface area contributed by atoms with Gasteiger partial charge < -0.3 is 10.7 Å². The Morgan fingerprint density at radius 2 is 1.69 bits per heavy atom. The molecule has 29 heavy (non-hydrogen) atoms. The summed E-state index contributed by atoms with van der Waals surface area (Å²) in [6, 6.07) is 7.49. The Kier molecular flexibility index (Phi) is 6.95. The van der Waals surface area contributed by atoms with Gasteiger partial charge >= 0.3 is 0 Å². The van der Waals surface area contributed by atoms with Gasteiger partial charge in [0, 0.05) is 29.6 Å². The number of allylic oxidation sites excluding steroid dienone is 1. The number of aryl methyl sites for hydroxylation is 3. The second kappa shape index (κ2) is 9.20. The Balaban J connectivity index is 2.00. The molecule has 0 saturated heterocycles. The summed E-state index contributed by atoms with van der Waals surface area (Å²) >= 11 is 5.93. The number of nitrogens with one attached hydrogen (secondary N) is 3. The largest absolute Gasteiger partial charge is 0.322 e. The second-order valence-electron chi connectivity index (χ2n) is 6.59. The molecule has 152 valence electrons. The molecule has 0 aliphatic heterocycles. The third-order valence-corrected chi connectivity index (χ3v) is 4.37. The molecule has 2 rings (SSSR count). The van der Waals surface area contributed by atoms with E-state index in [1.54, 1.807) is 6.92 Å². The van der Waals surface area contributed by atoms with Gasteiger partial charge in [-0.15, -0.1) is 0 Å². The fraction of sp³-hybridized carbons (Fsp3) is 0.200. The van der Waals surface area contributed by atoms with Crippen LogP contribution in [0.25, 0.3) is 0 Å². The SMILES string of the molecule is CC(=CC(=O)Nc1c(C)cc(C)cc1C)NNC(=O)c1ccc([N+](=O)[O-])cc1Cl. The van der Waals surface area contributed by atoms with Crippen molar-refractivity contribution in [2.75, 3.05) is 5.32 Å². The van der Waals surface area contributed by atoms with Crippen LogP contribution in [-0.2, 0) is 4.79 Å². The molecule has 0 heterocycles. The monoisotopic (exact) mass is 416 g/mol. The van der Waals surface area contributed by atoms with Crippen LogP contribution < -0.4 is 16.2 Å². The van der Waals surface area contributed by atoms with Gasteiger partial charge in [-0.05, 0) is 44.9 Å². The van der Waals surface area contributed by atoms with Crippen LogP contribution in [0.5, 0.6) is 0 Å². The summed E-state index contributed by atoms with van der Waals surface area (Å²) in [5.74, 6) is -0.948. The zero-order chi connectivity index (χ0) is 21.7. The third kappa shape index (κ3) is 5.79. The number of benzene rings is 2. The molecule has 3 N–H and O–H groups in total. The van der Waals surface area contributed by atoms with E-state index < -0.39 is 10.8 Å². The smallest absolute Gasteiger partial charge is 0.271 e. The summed E-state index contributed by atoms with van der Waals surface area (Å²) in [4.78, 5) is 34.6. The standard InChI is InChI=1S/C20H21ClN4O4/c1-11-7-12(2)19(13(3)8-11)22-18(26)9-14(4)23-24-20(27)16-6-5-15(25(28)29)10-17(16)21/h5-10,23H,1-4H3,(H,22,26)(H,24,27). The number of halogens is 1. The summed E-state index contributed by atoms with van der Waals surface area (Å²) in [6.07, 6.45) is 1.30. The van der Waals surface area contributed by atoms with Crippen LogP contribution in [0.15, 0.2) is 42.1 Å². The van der Waals surface area contributed by atoms with Gasteiger partial charge in [0.1, 0.15) is 0 Å². The van der Waals surface area contributed by atoms with Crippen LogP contribution in [0.3, 0.4) is 0 Å². The maximum Gasteiger partial charge on any atom is 0.271 e. The lowest BCUT2D eigenvalue weighted by Crippen LogP contribution is -2.36. The second-order valence-corrected chi connectivity index (χ2v) is 7.00. The number of amides is 2. The first-order chi connectivity index (χ1) is 13.6. The minimum absolute atomic E-state index is 0.0526. The number of hydrogen-bond donors (Lipinski definition) is 3. The van der Waals surface area contributed by atoms with Gasteiger partial charge in [-0.1, -0.05) is 29.3 Å². The van der Waals surface area contributed by atoms with Crippen molar-refractivity contribution in [2.45, 2.75) is 27.7 Å². The number of nitro benzene ring substituents is 1. The molecule has 0 aromatic heterocycles. The Morgan fingerprint density at radius 1 is 1.07 bits per heavy atom. The van der Waals surface area contributed by atoms with Gasteiger partial charge in [0.25, 0.3) is 11.6 Å². The number of carbonyl (C=O) groups is 2. The number of rotatable bonds is 6. The average molecular weight is 417 g/mol. The first-order valence-corrected chi connectivity index (χ1v) is 9.03. The highest BCUT2D eigenvalue weighted by molar-refractivity contribution is 6.34. The van der Waals surface area contributed by atoms with E-state index in [0.717, 1.165) is 28.4 Å². The highest BCUT2D eigenvalue weighted by Crippen LogP contribution is 2.23. The van der Waals surface area contributed by atoms with E-state index in [2.05, 4.69) is 16.2 Å². The Hall–Kier alpha value is -3.39. The van der Waals surface area contributed by atoms with Gasteiger partial charge in [0.15, 0.2) is 0 Å². The van der Waals surface area contributed by atoms with Crippen LogP contribution in [0.1, 0.15) is 34.0 Å². The molecule has 2 aromatic rings. The van der Waals surface area contributed by atoms with E-state index in [4.69, 9.17) is 11.6 Å². The van der Waals surface area contributed by atoms with Crippen LogP contribution in [0, 0.1) is 30.9 Å². The number of nitrogens with zero attached hydrogens (tertiary/aromatic N) is 1. The summed E-state index contributed by atoms with van der Waals surface area (Å²) in [7, 11) is 0. The van der Waals surface area contributed by atoms with Crippen molar-refractivity contribution in [1.29, 1.82) is 0 Å². The molecular formula is C20H21ClN4O4. The minimum atomic E-state index is -0.602. The maximum absolute atomic E-state index is 12.3. The van der Waals surface area contributed by atoms with Gasteiger partial charge in [-0.25, -0.2) is 0 Å². The molecule has 9 heteroatoms. The van der Waals surface area contributed by atoms with E-state index in [1.807, 2.05) is 32.9 Å². The summed E-state index contributed by atoms with van der Waals surface area (Å²) in [5, 5.41) is 13.5. The lowest BCUT2D eigenvalue weighted by molar-refractivity contribution is -0.384. The first kappa shape index (κ1) is 21.9. The lowest BCUT2D eigenvalue weighted by atomic mass is 10.1. The first-order valence-electron chi connectivity index (χ1n) is 8.66. The zero-order valence-corrected chi connectivity index (χ0v) is 17.2. The number of anilines is 1. The molecule has 0 atom stereocenters. The summed E-state index contributed by atoms with van der Waals surface area (Å²) in [5.41, 5.74) is 9.00. The molecule has 0 saturated carbocycles. The molecular weight excluding hydrogens is 396 g/mol. The highest BCUT2D eigenvalue weighted by Gasteiger charge is 2.15. The summed E-state index contributed by atoms with van der Waals surface area (Å²) < 4.78 is 0. The quantitative estimate of drug-likeness (QED) is 0.375. The molecule has 8 nitrogen and oxygen atoms in total. The molecule has 0 bridgehead atoms. The van der Waals surface area contributed by atoms with Gasteiger partial charge in [0.05, 0.1) is 15.5 Å². The minimum Gasteiger partial charge on any atom is -0.322 e. The number of carbonyl (C=O) groups excluding carboxylic acids is 2. The van der Waals surface area contributed by atoms with Crippen molar-refractivity contribution in [1.82, 2.24) is 10.9 Å². The van der Waals surface area contributed by atoms with Crippen molar-refractivity contribution in [3.63, 3.8) is 0 Å². The molecule has 0 spiro atoms. The topological polar surface area (TPSA) is 113 Å². The van der Waals surface area contributed by atoms with Crippen LogP contribution >= 0.6 is 11.6 Å².